The Labute approximate surface area is 115 Å². The minimum Gasteiger partial charge on any atom is -0.497 e. The van der Waals surface area contributed by atoms with Gasteiger partial charge in [0.2, 0.25) is 5.78 Å². The van der Waals surface area contributed by atoms with Crippen LogP contribution in [-0.2, 0) is 0 Å². The first-order valence-corrected chi connectivity index (χ1v) is 6.66. The van der Waals surface area contributed by atoms with Crippen LogP contribution >= 0.6 is 11.3 Å². The zero-order valence-corrected chi connectivity index (χ0v) is 11.6. The van der Waals surface area contributed by atoms with Gasteiger partial charge in [-0.2, -0.15) is 0 Å². The SMILES string of the molecule is CCNc1nc(N)c(C(=O)c2ccc(OC)cc2)s1. The largest absolute Gasteiger partial charge is 0.497 e. The predicted molar refractivity (Wildman–Crippen MR) is 77.1 cm³/mol. The molecule has 5 nitrogen and oxygen atoms in total. The molecule has 0 saturated carbocycles. The maximum absolute atomic E-state index is 12.3. The molecule has 0 spiro atoms. The highest BCUT2D eigenvalue weighted by Gasteiger charge is 2.17. The molecular weight excluding hydrogens is 262 g/mol. The monoisotopic (exact) mass is 277 g/mol. The van der Waals surface area contributed by atoms with Gasteiger partial charge >= 0.3 is 0 Å². The van der Waals surface area contributed by atoms with Crippen LogP contribution in [0.25, 0.3) is 0 Å². The molecule has 0 aliphatic rings. The Kier molecular flexibility index (Phi) is 4.01. The van der Waals surface area contributed by atoms with Crippen LogP contribution in [0.1, 0.15) is 22.2 Å². The van der Waals surface area contributed by atoms with Gasteiger partial charge in [-0.1, -0.05) is 11.3 Å². The number of ketones is 1. The topological polar surface area (TPSA) is 77.2 Å². The van der Waals surface area contributed by atoms with E-state index < -0.39 is 0 Å². The molecule has 1 heterocycles. The first-order chi connectivity index (χ1) is 9.15. The Hall–Kier alpha value is -2.08. The number of carbonyl (C=O) groups excluding carboxylic acids is 1. The standard InChI is InChI=1S/C13H15N3O2S/c1-3-15-13-16-12(14)11(19-13)10(17)8-4-6-9(18-2)7-5-8/h4-7H,3,14H2,1-2H3,(H,15,16). The molecule has 0 atom stereocenters. The van der Waals surface area contributed by atoms with Crippen molar-refractivity contribution in [3.63, 3.8) is 0 Å². The highest BCUT2D eigenvalue weighted by molar-refractivity contribution is 7.18. The molecule has 2 rings (SSSR count). The second-order valence-corrected chi connectivity index (χ2v) is 4.82. The van der Waals surface area contributed by atoms with Crippen molar-refractivity contribution >= 4 is 28.1 Å². The van der Waals surface area contributed by atoms with Gasteiger partial charge in [0.1, 0.15) is 16.4 Å². The Balaban J connectivity index is 2.27. The van der Waals surface area contributed by atoms with E-state index >= 15 is 0 Å². The minimum atomic E-state index is -0.123. The van der Waals surface area contributed by atoms with Crippen LogP contribution in [0.2, 0.25) is 0 Å². The third-order valence-corrected chi connectivity index (χ3v) is 3.57. The average molecular weight is 277 g/mol. The lowest BCUT2D eigenvalue weighted by Crippen LogP contribution is -2.02. The highest BCUT2D eigenvalue weighted by Crippen LogP contribution is 2.27. The van der Waals surface area contributed by atoms with E-state index in [4.69, 9.17) is 10.5 Å². The molecule has 0 fully saturated rings. The number of methoxy groups -OCH3 is 1. The second kappa shape index (κ2) is 5.71. The van der Waals surface area contributed by atoms with Crippen molar-refractivity contribution < 1.29 is 9.53 Å². The molecule has 0 aliphatic heterocycles. The summed E-state index contributed by atoms with van der Waals surface area (Å²) in [4.78, 5) is 16.9. The van der Waals surface area contributed by atoms with Crippen LogP contribution in [0, 0.1) is 0 Å². The van der Waals surface area contributed by atoms with Crippen LogP contribution in [0.15, 0.2) is 24.3 Å². The van der Waals surface area contributed by atoms with Crippen molar-refractivity contribution in [2.24, 2.45) is 0 Å². The zero-order chi connectivity index (χ0) is 13.8. The summed E-state index contributed by atoms with van der Waals surface area (Å²) < 4.78 is 5.06. The molecule has 6 heteroatoms. The van der Waals surface area contributed by atoms with Crippen molar-refractivity contribution in [2.75, 3.05) is 24.7 Å². The van der Waals surface area contributed by atoms with Gasteiger partial charge in [0.05, 0.1) is 7.11 Å². The maximum atomic E-state index is 12.3. The predicted octanol–water partition coefficient (Wildman–Crippen LogP) is 2.40. The van der Waals surface area contributed by atoms with E-state index in [1.54, 1.807) is 31.4 Å². The fraction of sp³-hybridized carbons (Fsp3) is 0.231. The highest BCUT2D eigenvalue weighted by atomic mass is 32.1. The zero-order valence-electron chi connectivity index (χ0n) is 10.8. The number of hydrogen-bond acceptors (Lipinski definition) is 6. The lowest BCUT2D eigenvalue weighted by atomic mass is 10.1. The van der Waals surface area contributed by atoms with Crippen LogP contribution in [0.4, 0.5) is 10.9 Å². The van der Waals surface area contributed by atoms with Gasteiger partial charge in [-0.15, -0.1) is 0 Å². The molecular formula is C13H15N3O2S. The number of nitrogens with one attached hydrogen (secondary N) is 1. The van der Waals surface area contributed by atoms with Gasteiger partial charge < -0.3 is 15.8 Å². The summed E-state index contributed by atoms with van der Waals surface area (Å²) in [6.07, 6.45) is 0. The first-order valence-electron chi connectivity index (χ1n) is 5.84. The Morgan fingerprint density at radius 2 is 2.11 bits per heavy atom. The number of benzene rings is 1. The summed E-state index contributed by atoms with van der Waals surface area (Å²) >= 11 is 1.27. The number of nitrogen functional groups attached to an aromatic ring is 1. The smallest absolute Gasteiger partial charge is 0.206 e. The summed E-state index contributed by atoms with van der Waals surface area (Å²) in [6, 6.07) is 6.92. The summed E-state index contributed by atoms with van der Waals surface area (Å²) in [5.74, 6) is 0.853. The fourth-order valence-corrected chi connectivity index (χ4v) is 2.51. The van der Waals surface area contributed by atoms with E-state index in [-0.39, 0.29) is 11.6 Å². The number of thiazole rings is 1. The third-order valence-electron chi connectivity index (χ3n) is 2.54. The van der Waals surface area contributed by atoms with Gasteiger partial charge in [-0.3, -0.25) is 4.79 Å². The van der Waals surface area contributed by atoms with Crippen LogP contribution in [0.3, 0.4) is 0 Å². The molecule has 0 radical (unpaired) electrons. The lowest BCUT2D eigenvalue weighted by molar-refractivity contribution is 0.104. The fourth-order valence-electron chi connectivity index (χ4n) is 1.59. The molecule has 0 unspecified atom stereocenters. The second-order valence-electron chi connectivity index (χ2n) is 3.82. The molecule has 0 amide bonds. The number of carbonyl (C=O) groups is 1. The van der Waals surface area contributed by atoms with Crippen molar-refractivity contribution in [3.8, 4) is 5.75 Å². The van der Waals surface area contributed by atoms with Gasteiger partial charge in [0, 0.05) is 12.1 Å². The molecule has 2 aromatic rings. The van der Waals surface area contributed by atoms with E-state index in [0.717, 1.165) is 6.54 Å². The molecule has 1 aromatic carbocycles. The molecule has 0 bridgehead atoms. The Morgan fingerprint density at radius 3 is 2.68 bits per heavy atom. The molecule has 19 heavy (non-hydrogen) atoms. The average Bonchev–Trinajstić information content (AvgIpc) is 2.79. The van der Waals surface area contributed by atoms with E-state index in [1.807, 2.05) is 6.92 Å². The van der Waals surface area contributed by atoms with Gasteiger partial charge in [0.15, 0.2) is 5.13 Å². The molecule has 100 valence electrons. The van der Waals surface area contributed by atoms with E-state index in [1.165, 1.54) is 11.3 Å². The maximum Gasteiger partial charge on any atom is 0.206 e. The summed E-state index contributed by atoms with van der Waals surface area (Å²) in [5, 5.41) is 3.71. The van der Waals surface area contributed by atoms with Gasteiger partial charge in [-0.05, 0) is 31.2 Å². The summed E-state index contributed by atoms with van der Waals surface area (Å²) in [7, 11) is 1.58. The van der Waals surface area contributed by atoms with Gasteiger partial charge in [-0.25, -0.2) is 4.98 Å². The number of hydrogen-bond donors (Lipinski definition) is 2. The van der Waals surface area contributed by atoms with Gasteiger partial charge in [0.25, 0.3) is 0 Å². The van der Waals surface area contributed by atoms with E-state index in [2.05, 4.69) is 10.3 Å². The van der Waals surface area contributed by atoms with Crippen LogP contribution in [-0.4, -0.2) is 24.4 Å². The number of rotatable bonds is 5. The molecule has 1 aromatic heterocycles. The van der Waals surface area contributed by atoms with Crippen molar-refractivity contribution in [2.45, 2.75) is 6.92 Å². The summed E-state index contributed by atoms with van der Waals surface area (Å²) in [6.45, 7) is 2.70. The molecule has 0 aliphatic carbocycles. The molecule has 0 saturated heterocycles. The lowest BCUT2D eigenvalue weighted by Gasteiger charge is -2.01. The Morgan fingerprint density at radius 1 is 1.42 bits per heavy atom. The van der Waals surface area contributed by atoms with Crippen LogP contribution < -0.4 is 15.8 Å². The normalized spacial score (nSPS) is 10.2. The van der Waals surface area contributed by atoms with Crippen molar-refractivity contribution in [3.05, 3.63) is 34.7 Å². The van der Waals surface area contributed by atoms with E-state index in [9.17, 15) is 4.79 Å². The first kappa shape index (κ1) is 13.4. The quantitative estimate of drug-likeness (QED) is 0.821. The number of aromatic nitrogens is 1. The van der Waals surface area contributed by atoms with Crippen molar-refractivity contribution in [1.29, 1.82) is 0 Å². The Bertz CT molecular complexity index is 578. The number of ether oxygens (including phenoxy) is 1. The molecule has 3 N–H and O–H groups in total. The third kappa shape index (κ3) is 2.85. The summed E-state index contributed by atoms with van der Waals surface area (Å²) in [5.41, 5.74) is 6.35. The van der Waals surface area contributed by atoms with Crippen molar-refractivity contribution in [1.82, 2.24) is 4.98 Å². The number of anilines is 2. The number of nitrogens with two attached hydrogens (primary N) is 1. The van der Waals surface area contributed by atoms with E-state index in [0.29, 0.717) is 21.3 Å². The minimum absolute atomic E-state index is 0.123. The number of nitrogens with zero attached hydrogens (tertiary/aromatic N) is 1. The van der Waals surface area contributed by atoms with Crippen LogP contribution in [0.5, 0.6) is 5.75 Å².